The number of allylic oxidation sites excluding steroid dienone is 1. The van der Waals surface area contributed by atoms with Gasteiger partial charge < -0.3 is 24.1 Å². The van der Waals surface area contributed by atoms with E-state index in [4.69, 9.17) is 23.7 Å². The number of carbonyl (C=O) groups is 1. The molecule has 0 bridgehead atoms. The van der Waals surface area contributed by atoms with Crippen LogP contribution in [-0.2, 0) is 4.74 Å². The third-order valence-corrected chi connectivity index (χ3v) is 5.90. The molecule has 1 N–H and O–H groups in total. The van der Waals surface area contributed by atoms with Crippen LogP contribution in [0.4, 0.5) is 4.79 Å². The second-order valence-electron chi connectivity index (χ2n) is 8.01. The van der Waals surface area contributed by atoms with E-state index in [9.17, 15) is 4.79 Å². The van der Waals surface area contributed by atoms with Gasteiger partial charge >= 0.3 is 6.03 Å². The van der Waals surface area contributed by atoms with Crippen LogP contribution in [0.15, 0.2) is 58.8 Å². The predicted octanol–water partition coefficient (Wildman–Crippen LogP) is 4.68. The average Bonchev–Trinajstić information content (AvgIpc) is 3.37. The van der Waals surface area contributed by atoms with Crippen molar-refractivity contribution in [3.8, 4) is 22.9 Å². The minimum atomic E-state index is -0.463. The second-order valence-corrected chi connectivity index (χ2v) is 8.01. The standard InChI is InChI=1S/C26H30N4O5/c1-5-34-15-7-14-30-17(2)22(23(27-26(30)31)18-10-12-20(32-3)13-11-18)25-28-24(29-35-25)19-8-6-9-21(16-19)33-4/h6,8-13,16,23H,5,7,14-15H2,1-4H3,(H,27,31). The third-order valence-electron chi connectivity index (χ3n) is 5.90. The number of nitrogens with zero attached hydrogens (tertiary/aromatic N) is 3. The van der Waals surface area contributed by atoms with E-state index in [1.807, 2.05) is 62.4 Å². The van der Waals surface area contributed by atoms with Gasteiger partial charge in [0.25, 0.3) is 5.89 Å². The molecule has 1 aliphatic heterocycles. The van der Waals surface area contributed by atoms with Gasteiger partial charge in [-0.05, 0) is 50.1 Å². The summed E-state index contributed by atoms with van der Waals surface area (Å²) in [5.74, 6) is 2.21. The van der Waals surface area contributed by atoms with Gasteiger partial charge in [-0.2, -0.15) is 4.98 Å². The third kappa shape index (κ3) is 5.30. The smallest absolute Gasteiger partial charge is 0.322 e. The van der Waals surface area contributed by atoms with E-state index in [0.717, 1.165) is 28.1 Å². The monoisotopic (exact) mass is 478 g/mol. The van der Waals surface area contributed by atoms with Gasteiger partial charge in [0.15, 0.2) is 0 Å². The van der Waals surface area contributed by atoms with Crippen LogP contribution < -0.4 is 14.8 Å². The largest absolute Gasteiger partial charge is 0.497 e. The fraction of sp³-hybridized carbons (Fsp3) is 0.346. The summed E-state index contributed by atoms with van der Waals surface area (Å²) in [5, 5.41) is 7.32. The fourth-order valence-corrected chi connectivity index (χ4v) is 4.06. The number of benzene rings is 2. The number of hydrogen-bond acceptors (Lipinski definition) is 7. The molecule has 2 aromatic carbocycles. The van der Waals surface area contributed by atoms with Gasteiger partial charge in [-0.25, -0.2) is 4.79 Å². The number of nitrogens with one attached hydrogen (secondary N) is 1. The summed E-state index contributed by atoms with van der Waals surface area (Å²) in [6.07, 6.45) is 0.706. The SMILES string of the molecule is CCOCCCN1C(=O)NC(c2ccc(OC)cc2)C(c2nc(-c3cccc(OC)c3)no2)=C1C. The van der Waals surface area contributed by atoms with Crippen molar-refractivity contribution in [2.45, 2.75) is 26.3 Å². The molecule has 184 valence electrons. The van der Waals surface area contributed by atoms with E-state index < -0.39 is 6.04 Å². The normalized spacial score (nSPS) is 15.8. The Labute approximate surface area is 204 Å². The Balaban J connectivity index is 1.73. The second kappa shape index (κ2) is 11.1. The maximum Gasteiger partial charge on any atom is 0.322 e. The summed E-state index contributed by atoms with van der Waals surface area (Å²) < 4.78 is 21.8. The highest BCUT2D eigenvalue weighted by atomic mass is 16.5. The van der Waals surface area contributed by atoms with Gasteiger partial charge in [0.1, 0.15) is 11.5 Å². The van der Waals surface area contributed by atoms with Gasteiger partial charge in [-0.1, -0.05) is 29.4 Å². The van der Waals surface area contributed by atoms with Crippen molar-refractivity contribution < 1.29 is 23.5 Å². The Bertz CT molecular complexity index is 1190. The molecule has 1 aliphatic rings. The Kier molecular flexibility index (Phi) is 7.67. The first-order valence-corrected chi connectivity index (χ1v) is 11.5. The molecule has 3 aromatic rings. The molecule has 9 heteroatoms. The molecule has 2 amide bonds. The lowest BCUT2D eigenvalue weighted by molar-refractivity contribution is 0.136. The van der Waals surface area contributed by atoms with Crippen LogP contribution >= 0.6 is 0 Å². The van der Waals surface area contributed by atoms with Gasteiger partial charge in [-0.3, -0.25) is 4.90 Å². The van der Waals surface area contributed by atoms with Crippen LogP contribution in [0.5, 0.6) is 11.5 Å². The molecule has 0 radical (unpaired) electrons. The maximum atomic E-state index is 13.1. The zero-order valence-corrected chi connectivity index (χ0v) is 20.4. The van der Waals surface area contributed by atoms with Crippen molar-refractivity contribution in [3.05, 3.63) is 65.7 Å². The van der Waals surface area contributed by atoms with Crippen molar-refractivity contribution in [1.29, 1.82) is 0 Å². The molecule has 0 aliphatic carbocycles. The van der Waals surface area contributed by atoms with Crippen molar-refractivity contribution in [1.82, 2.24) is 20.4 Å². The Morgan fingerprint density at radius 2 is 1.86 bits per heavy atom. The topological polar surface area (TPSA) is 99.0 Å². The summed E-state index contributed by atoms with van der Waals surface area (Å²) in [7, 11) is 3.23. The first-order valence-electron chi connectivity index (χ1n) is 11.5. The number of aromatic nitrogens is 2. The van der Waals surface area contributed by atoms with Crippen LogP contribution in [-0.4, -0.2) is 55.0 Å². The maximum absolute atomic E-state index is 13.1. The Morgan fingerprint density at radius 3 is 2.57 bits per heavy atom. The lowest BCUT2D eigenvalue weighted by Gasteiger charge is -2.35. The number of hydrogen-bond donors (Lipinski definition) is 1. The summed E-state index contributed by atoms with van der Waals surface area (Å²) in [6, 6.07) is 14.4. The quantitative estimate of drug-likeness (QED) is 0.423. The van der Waals surface area contributed by atoms with Crippen molar-refractivity contribution in [2.75, 3.05) is 34.0 Å². The van der Waals surface area contributed by atoms with Crippen molar-refractivity contribution in [2.24, 2.45) is 0 Å². The lowest BCUT2D eigenvalue weighted by Crippen LogP contribution is -2.46. The minimum absolute atomic E-state index is 0.184. The minimum Gasteiger partial charge on any atom is -0.497 e. The fourth-order valence-electron chi connectivity index (χ4n) is 4.06. The van der Waals surface area contributed by atoms with E-state index >= 15 is 0 Å². The number of amides is 2. The number of carbonyl (C=O) groups excluding carboxylic acids is 1. The van der Waals surface area contributed by atoms with Gasteiger partial charge in [0.05, 0.1) is 25.8 Å². The summed E-state index contributed by atoms with van der Waals surface area (Å²) in [4.78, 5) is 19.5. The van der Waals surface area contributed by atoms with E-state index in [0.29, 0.717) is 43.6 Å². The van der Waals surface area contributed by atoms with Gasteiger partial charge in [0, 0.05) is 31.0 Å². The highest BCUT2D eigenvalue weighted by Crippen LogP contribution is 2.38. The van der Waals surface area contributed by atoms with Crippen LogP contribution in [0, 0.1) is 0 Å². The number of urea groups is 1. The molecule has 9 nitrogen and oxygen atoms in total. The Morgan fingerprint density at radius 1 is 1.09 bits per heavy atom. The molecule has 1 atom stereocenters. The van der Waals surface area contributed by atoms with E-state index in [-0.39, 0.29) is 6.03 Å². The number of rotatable bonds is 10. The molecule has 2 heterocycles. The predicted molar refractivity (Wildman–Crippen MR) is 131 cm³/mol. The van der Waals surface area contributed by atoms with Crippen LogP contribution in [0.3, 0.4) is 0 Å². The molecule has 1 aromatic heterocycles. The molecule has 0 saturated carbocycles. The summed E-state index contributed by atoms with van der Waals surface area (Å²) >= 11 is 0. The summed E-state index contributed by atoms with van der Waals surface area (Å²) in [6.45, 7) is 5.58. The van der Waals surface area contributed by atoms with E-state index in [1.165, 1.54) is 0 Å². The zero-order valence-electron chi connectivity index (χ0n) is 20.4. The molecular weight excluding hydrogens is 448 g/mol. The molecule has 0 fully saturated rings. The first-order chi connectivity index (χ1) is 17.0. The summed E-state index contributed by atoms with van der Waals surface area (Å²) in [5.41, 5.74) is 3.15. The first kappa shape index (κ1) is 24.3. The highest BCUT2D eigenvalue weighted by Gasteiger charge is 2.35. The molecule has 35 heavy (non-hydrogen) atoms. The molecule has 0 spiro atoms. The van der Waals surface area contributed by atoms with Gasteiger partial charge in [0.2, 0.25) is 5.82 Å². The highest BCUT2D eigenvalue weighted by molar-refractivity contribution is 5.86. The Hall–Kier alpha value is -3.85. The van der Waals surface area contributed by atoms with Crippen LogP contribution in [0.2, 0.25) is 0 Å². The van der Waals surface area contributed by atoms with Crippen molar-refractivity contribution >= 4 is 11.6 Å². The number of methoxy groups -OCH3 is 2. The molecule has 4 rings (SSSR count). The number of ether oxygens (including phenoxy) is 3. The van der Waals surface area contributed by atoms with E-state index in [1.54, 1.807) is 19.1 Å². The zero-order chi connectivity index (χ0) is 24.8. The lowest BCUT2D eigenvalue weighted by atomic mass is 9.94. The molecule has 0 saturated heterocycles. The van der Waals surface area contributed by atoms with E-state index in [2.05, 4.69) is 10.5 Å². The average molecular weight is 479 g/mol. The van der Waals surface area contributed by atoms with Gasteiger partial charge in [-0.15, -0.1) is 0 Å². The molecule has 1 unspecified atom stereocenters. The van der Waals surface area contributed by atoms with Crippen LogP contribution in [0.1, 0.15) is 37.8 Å². The van der Waals surface area contributed by atoms with Crippen LogP contribution in [0.25, 0.3) is 17.0 Å². The molecular formula is C26H30N4O5. The van der Waals surface area contributed by atoms with Crippen molar-refractivity contribution in [3.63, 3.8) is 0 Å².